The molecule has 0 spiro atoms. The van der Waals surface area contributed by atoms with Crippen molar-refractivity contribution in [1.29, 1.82) is 0 Å². The second-order valence-corrected chi connectivity index (χ2v) is 8.67. The molecule has 0 aliphatic carbocycles. The van der Waals surface area contributed by atoms with E-state index in [0.29, 0.717) is 0 Å². The lowest BCUT2D eigenvalue weighted by Gasteiger charge is -2.36. The first-order chi connectivity index (χ1) is 14.5. The molecule has 1 fully saturated rings. The lowest BCUT2D eigenvalue weighted by Crippen LogP contribution is -2.46. The van der Waals surface area contributed by atoms with Gasteiger partial charge in [0, 0.05) is 18.8 Å². The molecule has 1 aliphatic heterocycles. The van der Waals surface area contributed by atoms with Gasteiger partial charge in [0.2, 0.25) is 5.91 Å². The molecule has 2 atom stereocenters. The highest BCUT2D eigenvalue weighted by molar-refractivity contribution is 8.00. The minimum Gasteiger partial charge on any atom is -0.372 e. The Hall–Kier alpha value is -2.64. The van der Waals surface area contributed by atoms with Crippen LogP contribution in [0.15, 0.2) is 53.6 Å². The molecule has 7 heteroatoms. The lowest BCUT2D eigenvalue weighted by molar-refractivity contribution is -0.113. The highest BCUT2D eigenvalue weighted by Crippen LogP contribution is 2.31. The Kier molecular flexibility index (Phi) is 6.20. The number of aryl methyl sites for hydroxylation is 1. The molecule has 2 heterocycles. The molecule has 2 aromatic carbocycles. The third kappa shape index (κ3) is 4.91. The zero-order valence-corrected chi connectivity index (χ0v) is 18.3. The van der Waals surface area contributed by atoms with E-state index in [4.69, 9.17) is 14.7 Å². The zero-order chi connectivity index (χ0) is 21.1. The van der Waals surface area contributed by atoms with E-state index in [9.17, 15) is 4.79 Å². The van der Waals surface area contributed by atoms with E-state index < -0.39 is 0 Å². The van der Waals surface area contributed by atoms with E-state index in [2.05, 4.69) is 24.1 Å². The Morgan fingerprint density at radius 3 is 2.50 bits per heavy atom. The zero-order valence-electron chi connectivity index (χ0n) is 17.5. The Balaban J connectivity index is 1.56. The van der Waals surface area contributed by atoms with Crippen molar-refractivity contribution in [2.45, 2.75) is 38.0 Å². The van der Waals surface area contributed by atoms with Crippen LogP contribution in [-0.4, -0.2) is 46.9 Å². The Bertz CT molecular complexity index is 1050. The van der Waals surface area contributed by atoms with Crippen molar-refractivity contribution in [3.05, 3.63) is 54.1 Å². The summed E-state index contributed by atoms with van der Waals surface area (Å²) >= 11 is 1.42. The first-order valence-electron chi connectivity index (χ1n) is 10.1. The minimum absolute atomic E-state index is 0.0600. The monoisotopic (exact) mass is 422 g/mol. The Morgan fingerprint density at radius 2 is 1.80 bits per heavy atom. The molecule has 1 amide bonds. The summed E-state index contributed by atoms with van der Waals surface area (Å²) in [5.74, 6) is 1.03. The van der Waals surface area contributed by atoms with Crippen LogP contribution in [0.4, 0.5) is 11.5 Å². The normalized spacial score (nSPS) is 19.1. The van der Waals surface area contributed by atoms with Crippen LogP contribution >= 0.6 is 11.8 Å². The second-order valence-electron chi connectivity index (χ2n) is 7.71. The lowest BCUT2D eigenvalue weighted by atomic mass is 10.2. The topological polar surface area (TPSA) is 67.4 Å². The number of thioether (sulfide) groups is 1. The average molecular weight is 423 g/mol. The van der Waals surface area contributed by atoms with Gasteiger partial charge in [-0.1, -0.05) is 36.0 Å². The Morgan fingerprint density at radius 1 is 1.10 bits per heavy atom. The number of anilines is 2. The van der Waals surface area contributed by atoms with E-state index in [1.54, 1.807) is 0 Å². The number of ether oxygens (including phenoxy) is 1. The van der Waals surface area contributed by atoms with Crippen molar-refractivity contribution >= 4 is 40.2 Å². The molecule has 0 radical (unpaired) electrons. The number of rotatable bonds is 5. The van der Waals surface area contributed by atoms with Crippen LogP contribution in [0.1, 0.15) is 19.4 Å². The summed E-state index contributed by atoms with van der Waals surface area (Å²) in [4.78, 5) is 24.5. The number of hydrogen-bond acceptors (Lipinski definition) is 6. The average Bonchev–Trinajstić information content (AvgIpc) is 2.71. The van der Waals surface area contributed by atoms with E-state index in [-0.39, 0.29) is 23.9 Å². The minimum atomic E-state index is -0.0600. The van der Waals surface area contributed by atoms with E-state index in [1.807, 2.05) is 55.5 Å². The van der Waals surface area contributed by atoms with Gasteiger partial charge < -0.3 is 15.0 Å². The fraction of sp³-hybridized carbons (Fsp3) is 0.348. The summed E-state index contributed by atoms with van der Waals surface area (Å²) < 4.78 is 5.88. The van der Waals surface area contributed by atoms with Crippen molar-refractivity contribution in [3.8, 4) is 0 Å². The highest BCUT2D eigenvalue weighted by Gasteiger charge is 2.26. The number of para-hydroxylation sites is 2. The second kappa shape index (κ2) is 9.02. The third-order valence-electron chi connectivity index (χ3n) is 4.88. The number of nitrogens with one attached hydrogen (secondary N) is 1. The quantitative estimate of drug-likeness (QED) is 0.619. The highest BCUT2D eigenvalue weighted by atomic mass is 32.2. The van der Waals surface area contributed by atoms with Gasteiger partial charge in [-0.25, -0.2) is 9.97 Å². The van der Waals surface area contributed by atoms with Gasteiger partial charge in [0.25, 0.3) is 0 Å². The maximum absolute atomic E-state index is 12.5. The molecular weight excluding hydrogens is 396 g/mol. The van der Waals surface area contributed by atoms with Crippen LogP contribution in [0.25, 0.3) is 11.0 Å². The van der Waals surface area contributed by atoms with Gasteiger partial charge >= 0.3 is 0 Å². The molecule has 1 aromatic heterocycles. The van der Waals surface area contributed by atoms with E-state index in [1.165, 1.54) is 11.8 Å². The summed E-state index contributed by atoms with van der Waals surface area (Å²) in [5.41, 5.74) is 3.60. The number of morpholine rings is 1. The van der Waals surface area contributed by atoms with Gasteiger partial charge in [-0.15, -0.1) is 0 Å². The summed E-state index contributed by atoms with van der Waals surface area (Å²) in [6, 6.07) is 15.6. The van der Waals surface area contributed by atoms with Crippen molar-refractivity contribution in [1.82, 2.24) is 9.97 Å². The molecular formula is C23H26N4O2S. The number of carbonyl (C=O) groups is 1. The molecule has 0 bridgehead atoms. The van der Waals surface area contributed by atoms with E-state index >= 15 is 0 Å². The largest absolute Gasteiger partial charge is 0.372 e. The van der Waals surface area contributed by atoms with Crippen molar-refractivity contribution in [2.24, 2.45) is 0 Å². The number of fused-ring (bicyclic) bond motifs is 1. The SMILES string of the molecule is Cc1cccc(NC(=O)CSc2nc3ccccc3nc2N2C[C@@H](C)O[C@@H](C)C2)c1. The number of aromatic nitrogens is 2. The summed E-state index contributed by atoms with van der Waals surface area (Å²) in [7, 11) is 0. The van der Waals surface area contributed by atoms with Gasteiger partial charge in [-0.3, -0.25) is 4.79 Å². The van der Waals surface area contributed by atoms with Gasteiger partial charge in [-0.2, -0.15) is 0 Å². The molecule has 30 heavy (non-hydrogen) atoms. The number of hydrogen-bond donors (Lipinski definition) is 1. The predicted molar refractivity (Wildman–Crippen MR) is 122 cm³/mol. The molecule has 4 rings (SSSR count). The van der Waals surface area contributed by atoms with E-state index in [0.717, 1.165) is 46.2 Å². The van der Waals surface area contributed by atoms with Gasteiger partial charge in [0.1, 0.15) is 5.03 Å². The number of nitrogens with zero attached hydrogens (tertiary/aromatic N) is 3. The van der Waals surface area contributed by atoms with Crippen LogP contribution in [0.5, 0.6) is 0 Å². The first-order valence-corrected chi connectivity index (χ1v) is 11.1. The molecule has 0 unspecified atom stereocenters. The maximum Gasteiger partial charge on any atom is 0.234 e. The predicted octanol–water partition coefficient (Wildman–Crippen LogP) is 4.28. The number of amides is 1. The molecule has 1 saturated heterocycles. The fourth-order valence-electron chi connectivity index (χ4n) is 3.68. The smallest absolute Gasteiger partial charge is 0.234 e. The van der Waals surface area contributed by atoms with Crippen LogP contribution in [0, 0.1) is 6.92 Å². The molecule has 156 valence electrons. The van der Waals surface area contributed by atoms with Crippen LogP contribution in [0.3, 0.4) is 0 Å². The first kappa shape index (κ1) is 20.6. The van der Waals surface area contributed by atoms with Crippen molar-refractivity contribution in [2.75, 3.05) is 29.1 Å². The van der Waals surface area contributed by atoms with Crippen LogP contribution in [-0.2, 0) is 9.53 Å². The summed E-state index contributed by atoms with van der Waals surface area (Å²) in [6.45, 7) is 7.64. The molecule has 0 saturated carbocycles. The molecule has 1 aliphatic rings. The Labute approximate surface area is 181 Å². The summed E-state index contributed by atoms with van der Waals surface area (Å²) in [6.07, 6.45) is 0.231. The van der Waals surface area contributed by atoms with Crippen LogP contribution < -0.4 is 10.2 Å². The van der Waals surface area contributed by atoms with Crippen molar-refractivity contribution < 1.29 is 9.53 Å². The number of benzene rings is 2. The third-order valence-corrected chi connectivity index (χ3v) is 5.84. The standard InChI is InChI=1S/C23H26N4O2S/c1-15-7-6-8-18(11-15)24-21(28)14-30-23-22(27-12-16(2)29-17(3)13-27)25-19-9-4-5-10-20(19)26-23/h4-11,16-17H,12-14H2,1-3H3,(H,24,28)/t16-,17+. The van der Waals surface area contributed by atoms with Gasteiger partial charge in [0.15, 0.2) is 5.82 Å². The molecule has 1 N–H and O–H groups in total. The van der Waals surface area contributed by atoms with Crippen molar-refractivity contribution in [3.63, 3.8) is 0 Å². The maximum atomic E-state index is 12.5. The summed E-state index contributed by atoms with van der Waals surface area (Å²) in [5, 5.41) is 3.73. The van der Waals surface area contributed by atoms with Gasteiger partial charge in [0.05, 0.1) is 29.0 Å². The fourth-order valence-corrected chi connectivity index (χ4v) is 4.49. The van der Waals surface area contributed by atoms with Gasteiger partial charge in [-0.05, 0) is 50.6 Å². The molecule has 6 nitrogen and oxygen atoms in total. The number of carbonyl (C=O) groups excluding carboxylic acids is 1. The molecule has 3 aromatic rings. The van der Waals surface area contributed by atoms with Crippen LogP contribution in [0.2, 0.25) is 0 Å².